The Morgan fingerprint density at radius 1 is 1.11 bits per heavy atom. The Kier molecular flexibility index (Phi) is 3.42. The highest BCUT2D eigenvalue weighted by atomic mass is 16.2. The number of unbranched alkanes of at least 4 members (excludes halogenated alkanes) is 1. The van der Waals surface area contributed by atoms with E-state index in [2.05, 4.69) is 11.9 Å². The van der Waals surface area contributed by atoms with Crippen LogP contribution in [-0.4, -0.2) is 18.7 Å². The number of nitrogens with zero attached hydrogens (tertiary/aromatic N) is 4. The second-order valence-corrected chi connectivity index (χ2v) is 4.60. The van der Waals surface area contributed by atoms with Gasteiger partial charge in [0.15, 0.2) is 11.2 Å². The van der Waals surface area contributed by atoms with Crippen LogP contribution in [0.5, 0.6) is 0 Å². The minimum absolute atomic E-state index is 0.316. The number of fused-ring (bicyclic) bond motifs is 1. The Labute approximate surface area is 110 Å². The third-order valence-corrected chi connectivity index (χ3v) is 3.23. The predicted molar refractivity (Wildman–Crippen MR) is 75.1 cm³/mol. The molecule has 0 saturated carbocycles. The maximum atomic E-state index is 12.1. The molecule has 2 rings (SSSR count). The van der Waals surface area contributed by atoms with Crippen LogP contribution in [-0.2, 0) is 21.1 Å². The van der Waals surface area contributed by atoms with E-state index in [0.29, 0.717) is 17.0 Å². The van der Waals surface area contributed by atoms with E-state index in [1.54, 1.807) is 18.7 Å². The first kappa shape index (κ1) is 13.3. The molecule has 2 aromatic rings. The zero-order valence-electron chi connectivity index (χ0n) is 11.7. The number of imidazole rings is 1. The fourth-order valence-corrected chi connectivity index (χ4v) is 2.04. The average molecular weight is 262 g/mol. The molecule has 2 heterocycles. The summed E-state index contributed by atoms with van der Waals surface area (Å²) in [5.41, 5.74) is 0.190. The minimum atomic E-state index is -0.361. The van der Waals surface area contributed by atoms with Crippen LogP contribution < -0.4 is 11.2 Å². The molecule has 0 saturated heterocycles. The zero-order chi connectivity index (χ0) is 14.2. The molecule has 19 heavy (non-hydrogen) atoms. The lowest BCUT2D eigenvalue weighted by Crippen LogP contribution is -2.37. The van der Waals surface area contributed by atoms with Crippen molar-refractivity contribution in [3.05, 3.63) is 32.7 Å². The molecule has 0 atom stereocenters. The summed E-state index contributed by atoms with van der Waals surface area (Å²) in [6.07, 6.45) is 5.91. The van der Waals surface area contributed by atoms with Crippen molar-refractivity contribution in [1.29, 1.82) is 0 Å². The first-order valence-corrected chi connectivity index (χ1v) is 6.28. The SMILES string of the molecule is CCC/C=C/c1nc2c(c(=O)n(C)c(=O)n2C)n1C. The van der Waals surface area contributed by atoms with Gasteiger partial charge in [0.25, 0.3) is 5.56 Å². The van der Waals surface area contributed by atoms with Gasteiger partial charge < -0.3 is 4.57 Å². The number of hydrogen-bond donors (Lipinski definition) is 0. The number of aryl methyl sites for hydroxylation is 2. The highest BCUT2D eigenvalue weighted by Crippen LogP contribution is 2.10. The second kappa shape index (κ2) is 4.87. The van der Waals surface area contributed by atoms with E-state index < -0.39 is 0 Å². The molecule has 0 spiro atoms. The molecule has 0 aliphatic carbocycles. The number of aromatic nitrogens is 4. The van der Waals surface area contributed by atoms with Crippen molar-refractivity contribution in [2.45, 2.75) is 19.8 Å². The summed E-state index contributed by atoms with van der Waals surface area (Å²) in [5, 5.41) is 0. The lowest BCUT2D eigenvalue weighted by Gasteiger charge is -2.02. The first-order chi connectivity index (χ1) is 8.99. The number of rotatable bonds is 3. The van der Waals surface area contributed by atoms with Crippen molar-refractivity contribution >= 4 is 17.2 Å². The molecule has 0 radical (unpaired) electrons. The topological polar surface area (TPSA) is 61.8 Å². The van der Waals surface area contributed by atoms with Gasteiger partial charge in [0.05, 0.1) is 0 Å². The third kappa shape index (κ3) is 2.03. The van der Waals surface area contributed by atoms with Crippen molar-refractivity contribution in [3.8, 4) is 0 Å². The van der Waals surface area contributed by atoms with Gasteiger partial charge in [-0.3, -0.25) is 13.9 Å². The number of hydrogen-bond acceptors (Lipinski definition) is 3. The Bertz CT molecular complexity index is 762. The molecule has 0 aromatic carbocycles. The minimum Gasteiger partial charge on any atom is -0.322 e. The predicted octanol–water partition coefficient (Wildman–Crippen LogP) is 0.784. The van der Waals surface area contributed by atoms with Gasteiger partial charge in [0.2, 0.25) is 0 Å². The Balaban J connectivity index is 2.77. The van der Waals surface area contributed by atoms with E-state index >= 15 is 0 Å². The van der Waals surface area contributed by atoms with Crippen LogP contribution in [0.15, 0.2) is 15.7 Å². The number of allylic oxidation sites excluding steroid dienone is 1. The van der Waals surface area contributed by atoms with Crippen LogP contribution in [0.3, 0.4) is 0 Å². The summed E-state index contributed by atoms with van der Waals surface area (Å²) in [6, 6.07) is 0. The largest absolute Gasteiger partial charge is 0.332 e. The van der Waals surface area contributed by atoms with Gasteiger partial charge in [-0.05, 0) is 12.5 Å². The first-order valence-electron chi connectivity index (χ1n) is 6.28. The summed E-state index contributed by atoms with van der Waals surface area (Å²) in [5.74, 6) is 0.682. The summed E-state index contributed by atoms with van der Waals surface area (Å²) in [6.45, 7) is 2.10. The summed E-state index contributed by atoms with van der Waals surface area (Å²) < 4.78 is 4.22. The van der Waals surface area contributed by atoms with Gasteiger partial charge in [-0.2, -0.15) is 0 Å². The standard InChI is InChI=1S/C13H18N4O2/c1-5-6-7-8-9-14-11-10(15(9)2)12(18)17(4)13(19)16(11)3/h7-8H,5-6H2,1-4H3/b8-7+. The molecule has 6 nitrogen and oxygen atoms in total. The summed E-state index contributed by atoms with van der Waals surface area (Å²) >= 11 is 0. The Morgan fingerprint density at radius 2 is 1.79 bits per heavy atom. The molecule has 0 unspecified atom stereocenters. The fourth-order valence-electron chi connectivity index (χ4n) is 2.04. The van der Waals surface area contributed by atoms with E-state index in [1.165, 1.54) is 11.6 Å². The molecule has 0 aliphatic rings. The molecule has 0 aliphatic heterocycles. The molecule has 6 heteroatoms. The highest BCUT2D eigenvalue weighted by Gasteiger charge is 2.15. The van der Waals surface area contributed by atoms with Gasteiger partial charge in [0.1, 0.15) is 5.82 Å². The quantitative estimate of drug-likeness (QED) is 0.821. The Morgan fingerprint density at radius 3 is 2.42 bits per heavy atom. The monoisotopic (exact) mass is 262 g/mol. The van der Waals surface area contributed by atoms with Crippen LogP contribution in [0.2, 0.25) is 0 Å². The maximum Gasteiger partial charge on any atom is 0.332 e. The van der Waals surface area contributed by atoms with Crippen LogP contribution in [0.4, 0.5) is 0 Å². The van der Waals surface area contributed by atoms with Gasteiger partial charge in [-0.1, -0.05) is 19.4 Å². The van der Waals surface area contributed by atoms with Crippen molar-refractivity contribution in [3.63, 3.8) is 0 Å². The van der Waals surface area contributed by atoms with Crippen LogP contribution in [0, 0.1) is 0 Å². The van der Waals surface area contributed by atoms with Gasteiger partial charge in [0, 0.05) is 21.1 Å². The molecular formula is C13H18N4O2. The van der Waals surface area contributed by atoms with Crippen molar-refractivity contribution < 1.29 is 0 Å². The zero-order valence-corrected chi connectivity index (χ0v) is 11.7. The van der Waals surface area contributed by atoms with Crippen LogP contribution >= 0.6 is 0 Å². The molecule has 0 amide bonds. The fraction of sp³-hybridized carbons (Fsp3) is 0.462. The third-order valence-electron chi connectivity index (χ3n) is 3.23. The summed E-state index contributed by atoms with van der Waals surface area (Å²) in [7, 11) is 4.88. The molecule has 102 valence electrons. The van der Waals surface area contributed by atoms with Crippen molar-refractivity contribution in [2.75, 3.05) is 0 Å². The lowest BCUT2D eigenvalue weighted by molar-refractivity contribution is 0.705. The van der Waals surface area contributed by atoms with Gasteiger partial charge >= 0.3 is 5.69 Å². The highest BCUT2D eigenvalue weighted by molar-refractivity contribution is 5.73. The van der Waals surface area contributed by atoms with E-state index in [-0.39, 0.29) is 11.2 Å². The van der Waals surface area contributed by atoms with Crippen molar-refractivity contribution in [1.82, 2.24) is 18.7 Å². The van der Waals surface area contributed by atoms with Crippen LogP contribution in [0.25, 0.3) is 17.2 Å². The molecular weight excluding hydrogens is 244 g/mol. The lowest BCUT2D eigenvalue weighted by atomic mass is 10.3. The van der Waals surface area contributed by atoms with Gasteiger partial charge in [-0.25, -0.2) is 9.78 Å². The van der Waals surface area contributed by atoms with E-state index in [9.17, 15) is 9.59 Å². The smallest absolute Gasteiger partial charge is 0.322 e. The average Bonchev–Trinajstić information content (AvgIpc) is 2.72. The molecule has 0 N–H and O–H groups in total. The molecule has 2 aromatic heterocycles. The van der Waals surface area contributed by atoms with E-state index in [1.807, 2.05) is 12.2 Å². The molecule has 0 fully saturated rings. The summed E-state index contributed by atoms with van der Waals surface area (Å²) in [4.78, 5) is 28.3. The van der Waals surface area contributed by atoms with E-state index in [0.717, 1.165) is 17.4 Å². The maximum absolute atomic E-state index is 12.1. The van der Waals surface area contributed by atoms with E-state index in [4.69, 9.17) is 0 Å². The normalized spacial score (nSPS) is 11.8. The Hall–Kier alpha value is -2.11. The van der Waals surface area contributed by atoms with Crippen molar-refractivity contribution in [2.24, 2.45) is 21.1 Å². The molecule has 0 bridgehead atoms. The van der Waals surface area contributed by atoms with Crippen LogP contribution in [0.1, 0.15) is 25.6 Å². The second-order valence-electron chi connectivity index (χ2n) is 4.60. The van der Waals surface area contributed by atoms with Gasteiger partial charge in [-0.15, -0.1) is 0 Å².